The van der Waals surface area contributed by atoms with E-state index in [1.54, 1.807) is 0 Å². The molecule has 0 saturated heterocycles. The highest BCUT2D eigenvalue weighted by Crippen LogP contribution is 2.26. The lowest BCUT2D eigenvalue weighted by molar-refractivity contribution is 0.0146. The van der Waals surface area contributed by atoms with Gasteiger partial charge in [-0.3, -0.25) is 0 Å². The van der Waals surface area contributed by atoms with Crippen molar-refractivity contribution in [1.82, 2.24) is 5.32 Å². The number of hydrogen-bond donors (Lipinski definition) is 1. The fraction of sp³-hybridized carbons (Fsp3) is 1.00. The summed E-state index contributed by atoms with van der Waals surface area (Å²) in [5.74, 6) is 0.978. The summed E-state index contributed by atoms with van der Waals surface area (Å²) in [6.45, 7) is 8.60. The third-order valence-corrected chi connectivity index (χ3v) is 4.01. The third kappa shape index (κ3) is 12.1. The molecule has 0 spiro atoms. The van der Waals surface area contributed by atoms with E-state index in [-0.39, 0.29) is 0 Å². The van der Waals surface area contributed by atoms with E-state index in [0.29, 0.717) is 26.4 Å². The minimum Gasteiger partial charge on any atom is -0.379 e. The van der Waals surface area contributed by atoms with Crippen molar-refractivity contribution in [1.29, 1.82) is 0 Å². The summed E-state index contributed by atoms with van der Waals surface area (Å²) >= 11 is 0. The molecule has 0 atom stereocenters. The van der Waals surface area contributed by atoms with Gasteiger partial charge in [0.25, 0.3) is 0 Å². The molecule has 0 aromatic rings. The molecule has 1 saturated carbocycles. The summed E-state index contributed by atoms with van der Waals surface area (Å²) in [6, 6.07) is 0. The maximum atomic E-state index is 5.52. The fourth-order valence-electron chi connectivity index (χ4n) is 2.66. The first kappa shape index (κ1) is 18.9. The smallest absolute Gasteiger partial charge is 0.0701 e. The number of unbranched alkanes of at least 4 members (excludes halogenated alkanes) is 1. The molecule has 0 heterocycles. The van der Waals surface area contributed by atoms with E-state index in [1.807, 2.05) is 0 Å². The lowest BCUT2D eigenvalue weighted by Crippen LogP contribution is -2.23. The number of nitrogens with one attached hydrogen (secondary N) is 1. The molecule has 4 nitrogen and oxygen atoms in total. The zero-order valence-corrected chi connectivity index (χ0v) is 13.9. The number of rotatable bonds is 15. The van der Waals surface area contributed by atoms with E-state index in [1.165, 1.54) is 38.5 Å². The fourth-order valence-corrected chi connectivity index (χ4v) is 2.66. The van der Waals surface area contributed by atoms with Crippen LogP contribution in [0, 0.1) is 5.92 Å². The molecule has 0 amide bonds. The van der Waals surface area contributed by atoms with Crippen LogP contribution in [0.1, 0.15) is 51.9 Å². The first-order valence-electron chi connectivity index (χ1n) is 8.87. The van der Waals surface area contributed by atoms with E-state index in [0.717, 1.165) is 38.6 Å². The van der Waals surface area contributed by atoms with Gasteiger partial charge < -0.3 is 19.5 Å². The zero-order chi connectivity index (χ0) is 15.0. The van der Waals surface area contributed by atoms with Gasteiger partial charge in [-0.2, -0.15) is 0 Å². The molecule has 0 radical (unpaired) electrons. The van der Waals surface area contributed by atoms with E-state index in [2.05, 4.69) is 12.2 Å². The van der Waals surface area contributed by atoms with Gasteiger partial charge in [0, 0.05) is 13.2 Å². The van der Waals surface area contributed by atoms with Crippen LogP contribution in [-0.4, -0.2) is 52.7 Å². The molecule has 21 heavy (non-hydrogen) atoms. The second-order valence-electron chi connectivity index (χ2n) is 5.88. The van der Waals surface area contributed by atoms with Gasteiger partial charge in [-0.05, 0) is 25.3 Å². The summed E-state index contributed by atoms with van der Waals surface area (Å²) in [5.41, 5.74) is 0. The minimum atomic E-state index is 0.666. The van der Waals surface area contributed by atoms with Crippen LogP contribution in [0.4, 0.5) is 0 Å². The topological polar surface area (TPSA) is 39.7 Å². The number of hydrogen-bond acceptors (Lipinski definition) is 4. The zero-order valence-electron chi connectivity index (χ0n) is 13.9. The molecular formula is C17H35NO3. The van der Waals surface area contributed by atoms with Gasteiger partial charge in [-0.1, -0.05) is 39.0 Å². The average Bonchev–Trinajstić information content (AvgIpc) is 3.01. The van der Waals surface area contributed by atoms with Crippen molar-refractivity contribution in [2.24, 2.45) is 5.92 Å². The molecule has 0 aromatic carbocycles. The van der Waals surface area contributed by atoms with Crippen molar-refractivity contribution in [3.8, 4) is 0 Å². The Hall–Kier alpha value is -0.160. The second-order valence-corrected chi connectivity index (χ2v) is 5.88. The predicted molar refractivity (Wildman–Crippen MR) is 86.8 cm³/mol. The van der Waals surface area contributed by atoms with Crippen LogP contribution >= 0.6 is 0 Å². The summed E-state index contributed by atoms with van der Waals surface area (Å²) in [7, 11) is 0. The van der Waals surface area contributed by atoms with E-state index in [9.17, 15) is 0 Å². The van der Waals surface area contributed by atoms with E-state index in [4.69, 9.17) is 14.2 Å². The van der Waals surface area contributed by atoms with Gasteiger partial charge in [-0.15, -0.1) is 0 Å². The lowest BCUT2D eigenvalue weighted by Gasteiger charge is -2.10. The maximum Gasteiger partial charge on any atom is 0.0701 e. The van der Waals surface area contributed by atoms with Gasteiger partial charge in [0.05, 0.1) is 33.0 Å². The molecular weight excluding hydrogens is 266 g/mol. The summed E-state index contributed by atoms with van der Waals surface area (Å²) in [5, 5.41) is 3.46. The highest BCUT2D eigenvalue weighted by atomic mass is 16.5. The Morgan fingerprint density at radius 2 is 1.43 bits per heavy atom. The van der Waals surface area contributed by atoms with Gasteiger partial charge >= 0.3 is 0 Å². The Labute approximate surface area is 130 Å². The van der Waals surface area contributed by atoms with E-state index >= 15 is 0 Å². The van der Waals surface area contributed by atoms with Crippen LogP contribution in [0.25, 0.3) is 0 Å². The predicted octanol–water partition coefficient (Wildman–Crippen LogP) is 3.01. The minimum absolute atomic E-state index is 0.666. The summed E-state index contributed by atoms with van der Waals surface area (Å²) in [6.07, 6.45) is 9.42. The van der Waals surface area contributed by atoms with Crippen LogP contribution in [0.3, 0.4) is 0 Å². The van der Waals surface area contributed by atoms with Gasteiger partial charge in [0.2, 0.25) is 0 Å². The largest absolute Gasteiger partial charge is 0.379 e. The molecule has 0 aromatic heterocycles. The molecule has 1 fully saturated rings. The van der Waals surface area contributed by atoms with Crippen molar-refractivity contribution >= 4 is 0 Å². The highest BCUT2D eigenvalue weighted by molar-refractivity contribution is 4.67. The Morgan fingerprint density at radius 3 is 2.10 bits per heavy atom. The van der Waals surface area contributed by atoms with Crippen LogP contribution in [0.15, 0.2) is 0 Å². The molecule has 1 rings (SSSR count). The lowest BCUT2D eigenvalue weighted by atomic mass is 10.0. The van der Waals surface area contributed by atoms with Crippen LogP contribution in [0.5, 0.6) is 0 Å². The van der Waals surface area contributed by atoms with Crippen molar-refractivity contribution in [2.45, 2.75) is 51.9 Å². The standard InChI is InChI=1S/C17H35NO3/c1-2-3-11-19-13-15-21-16-14-20-12-10-18-9-8-17-6-4-5-7-17/h17-18H,2-16H2,1H3. The van der Waals surface area contributed by atoms with Gasteiger partial charge in [-0.25, -0.2) is 0 Å². The maximum absolute atomic E-state index is 5.52. The van der Waals surface area contributed by atoms with Gasteiger partial charge in [0.1, 0.15) is 0 Å². The van der Waals surface area contributed by atoms with E-state index < -0.39 is 0 Å². The molecule has 0 bridgehead atoms. The molecule has 1 aliphatic rings. The molecule has 1 aliphatic carbocycles. The molecule has 0 unspecified atom stereocenters. The Balaban J connectivity index is 1.65. The average molecular weight is 301 g/mol. The Morgan fingerprint density at radius 1 is 0.810 bits per heavy atom. The third-order valence-electron chi connectivity index (χ3n) is 4.01. The summed E-state index contributed by atoms with van der Waals surface area (Å²) in [4.78, 5) is 0. The first-order chi connectivity index (χ1) is 10.4. The molecule has 126 valence electrons. The van der Waals surface area contributed by atoms with Crippen LogP contribution < -0.4 is 5.32 Å². The normalized spacial score (nSPS) is 15.9. The van der Waals surface area contributed by atoms with Crippen molar-refractivity contribution in [2.75, 3.05) is 52.7 Å². The SMILES string of the molecule is CCCCOCCOCCOCCNCCC1CCCC1. The monoisotopic (exact) mass is 301 g/mol. The van der Waals surface area contributed by atoms with Crippen molar-refractivity contribution in [3.63, 3.8) is 0 Å². The van der Waals surface area contributed by atoms with Crippen LogP contribution in [-0.2, 0) is 14.2 Å². The number of ether oxygens (including phenoxy) is 3. The van der Waals surface area contributed by atoms with Gasteiger partial charge in [0.15, 0.2) is 0 Å². The highest BCUT2D eigenvalue weighted by Gasteiger charge is 2.13. The first-order valence-corrected chi connectivity index (χ1v) is 8.87. The summed E-state index contributed by atoms with van der Waals surface area (Å²) < 4.78 is 16.4. The molecule has 4 heteroatoms. The molecule has 1 N–H and O–H groups in total. The van der Waals surface area contributed by atoms with Crippen LogP contribution in [0.2, 0.25) is 0 Å². The Bertz CT molecular complexity index is 208. The Kier molecular flexibility index (Phi) is 13.3. The quantitative estimate of drug-likeness (QED) is 0.472. The van der Waals surface area contributed by atoms with Crippen molar-refractivity contribution < 1.29 is 14.2 Å². The second kappa shape index (κ2) is 14.8. The molecule has 0 aliphatic heterocycles. The van der Waals surface area contributed by atoms with Crippen molar-refractivity contribution in [3.05, 3.63) is 0 Å².